The lowest BCUT2D eigenvalue weighted by molar-refractivity contribution is 1.45. The highest BCUT2D eigenvalue weighted by Crippen LogP contribution is 2.14. The molecule has 0 nitrogen and oxygen atoms in total. The zero-order valence-corrected chi connectivity index (χ0v) is 11.0. The molecule has 0 bridgehead atoms. The monoisotopic (exact) mass is 220 g/mol. The molecule has 0 saturated heterocycles. The summed E-state index contributed by atoms with van der Waals surface area (Å²) in [6.07, 6.45) is 2.09. The summed E-state index contributed by atoms with van der Waals surface area (Å²) in [6.45, 7) is 6.78. The average molecular weight is 220 g/mol. The summed E-state index contributed by atoms with van der Waals surface area (Å²) in [5.41, 5.74) is 4.49. The van der Waals surface area contributed by atoms with Crippen LogP contribution in [0.15, 0.2) is 29.2 Å². The lowest BCUT2D eigenvalue weighted by atomic mass is 10.2. The van der Waals surface area contributed by atoms with Crippen LogP contribution in [-0.2, 0) is 0 Å². The Morgan fingerprint density at radius 3 is 2.07 bits per heavy atom. The summed E-state index contributed by atoms with van der Waals surface area (Å²) in [4.78, 5) is 1.29. The standard InChI is InChI=1S/C12H16SSi/c1-13-12-7-5-11(6-8-12)9-10-14(2,3)4/h5-8H,1-4H3. The molecule has 0 atom stereocenters. The summed E-state index contributed by atoms with van der Waals surface area (Å²) >= 11 is 1.76. The van der Waals surface area contributed by atoms with Crippen LogP contribution in [0.2, 0.25) is 19.6 Å². The van der Waals surface area contributed by atoms with Crippen LogP contribution in [-0.4, -0.2) is 14.3 Å². The molecule has 0 spiro atoms. The Hall–Kier alpha value is -0.653. The number of hydrogen-bond acceptors (Lipinski definition) is 1. The van der Waals surface area contributed by atoms with Crippen molar-refractivity contribution in [3.05, 3.63) is 29.8 Å². The molecule has 1 aromatic rings. The van der Waals surface area contributed by atoms with E-state index in [1.807, 2.05) is 0 Å². The van der Waals surface area contributed by atoms with E-state index in [-0.39, 0.29) is 0 Å². The van der Waals surface area contributed by atoms with E-state index in [1.165, 1.54) is 4.90 Å². The Morgan fingerprint density at radius 1 is 1.07 bits per heavy atom. The van der Waals surface area contributed by atoms with Gasteiger partial charge >= 0.3 is 0 Å². The van der Waals surface area contributed by atoms with Gasteiger partial charge in [0.25, 0.3) is 0 Å². The Labute approximate surface area is 92.1 Å². The molecule has 0 fully saturated rings. The van der Waals surface area contributed by atoms with Crippen molar-refractivity contribution in [3.63, 3.8) is 0 Å². The van der Waals surface area contributed by atoms with E-state index >= 15 is 0 Å². The third kappa shape index (κ3) is 4.04. The van der Waals surface area contributed by atoms with Crippen LogP contribution in [0.3, 0.4) is 0 Å². The zero-order valence-electron chi connectivity index (χ0n) is 9.22. The van der Waals surface area contributed by atoms with E-state index in [0.717, 1.165) is 5.56 Å². The molecule has 0 N–H and O–H groups in total. The van der Waals surface area contributed by atoms with Crippen LogP contribution in [0.25, 0.3) is 0 Å². The highest BCUT2D eigenvalue weighted by atomic mass is 32.2. The molecular weight excluding hydrogens is 204 g/mol. The van der Waals surface area contributed by atoms with Crippen molar-refractivity contribution in [1.82, 2.24) is 0 Å². The van der Waals surface area contributed by atoms with Gasteiger partial charge in [0.2, 0.25) is 0 Å². The van der Waals surface area contributed by atoms with Gasteiger partial charge in [-0.2, -0.15) is 0 Å². The Bertz CT molecular complexity index is 349. The van der Waals surface area contributed by atoms with Gasteiger partial charge in [0, 0.05) is 10.5 Å². The quantitative estimate of drug-likeness (QED) is 0.395. The van der Waals surface area contributed by atoms with Crippen molar-refractivity contribution in [2.24, 2.45) is 0 Å². The van der Waals surface area contributed by atoms with Crippen LogP contribution in [0, 0.1) is 11.5 Å². The second-order valence-corrected chi connectivity index (χ2v) is 9.86. The number of thioether (sulfide) groups is 1. The Balaban J connectivity index is 2.82. The second kappa shape index (κ2) is 4.72. The van der Waals surface area contributed by atoms with Gasteiger partial charge in [-0.3, -0.25) is 0 Å². The fourth-order valence-electron chi connectivity index (χ4n) is 0.934. The van der Waals surface area contributed by atoms with E-state index in [9.17, 15) is 0 Å². The first-order chi connectivity index (χ1) is 6.51. The van der Waals surface area contributed by atoms with Crippen molar-refractivity contribution >= 4 is 19.8 Å². The van der Waals surface area contributed by atoms with Gasteiger partial charge in [0.15, 0.2) is 0 Å². The second-order valence-electron chi connectivity index (χ2n) is 4.23. The fraction of sp³-hybridized carbons (Fsp3) is 0.333. The van der Waals surface area contributed by atoms with Crippen molar-refractivity contribution in [1.29, 1.82) is 0 Å². The van der Waals surface area contributed by atoms with E-state index in [4.69, 9.17) is 0 Å². The smallest absolute Gasteiger partial charge is 0.129 e. The summed E-state index contributed by atoms with van der Waals surface area (Å²) in [5, 5.41) is 0. The van der Waals surface area contributed by atoms with Gasteiger partial charge < -0.3 is 0 Å². The first kappa shape index (κ1) is 11.4. The predicted molar refractivity (Wildman–Crippen MR) is 68.4 cm³/mol. The van der Waals surface area contributed by atoms with Crippen LogP contribution in [0.4, 0.5) is 0 Å². The maximum Gasteiger partial charge on any atom is 0.129 e. The Morgan fingerprint density at radius 2 is 1.64 bits per heavy atom. The van der Waals surface area contributed by atoms with Crippen LogP contribution in [0.5, 0.6) is 0 Å². The van der Waals surface area contributed by atoms with Crippen LogP contribution >= 0.6 is 11.8 Å². The van der Waals surface area contributed by atoms with Gasteiger partial charge in [-0.15, -0.1) is 17.3 Å². The fourth-order valence-corrected chi connectivity index (χ4v) is 1.86. The number of benzene rings is 1. The van der Waals surface area contributed by atoms with E-state index in [0.29, 0.717) is 0 Å². The number of hydrogen-bond donors (Lipinski definition) is 0. The SMILES string of the molecule is CSc1ccc(C#C[Si](C)(C)C)cc1. The molecule has 1 rings (SSSR count). The van der Waals surface area contributed by atoms with Crippen molar-refractivity contribution in [2.45, 2.75) is 24.5 Å². The lowest BCUT2D eigenvalue weighted by Gasteiger charge is -2.03. The zero-order chi connectivity index (χ0) is 10.6. The molecule has 0 amide bonds. The normalized spacial score (nSPS) is 10.6. The van der Waals surface area contributed by atoms with Gasteiger partial charge in [-0.05, 0) is 30.5 Å². The number of rotatable bonds is 1. The van der Waals surface area contributed by atoms with Crippen molar-refractivity contribution < 1.29 is 0 Å². The van der Waals surface area contributed by atoms with E-state index in [2.05, 4.69) is 61.6 Å². The van der Waals surface area contributed by atoms with Gasteiger partial charge in [-0.25, -0.2) is 0 Å². The molecule has 0 aliphatic rings. The predicted octanol–water partition coefficient (Wildman–Crippen LogP) is 3.64. The molecule has 0 aliphatic heterocycles. The van der Waals surface area contributed by atoms with Crippen LogP contribution in [0.1, 0.15) is 5.56 Å². The maximum atomic E-state index is 3.36. The molecule has 0 aliphatic carbocycles. The third-order valence-electron chi connectivity index (χ3n) is 1.67. The molecule has 0 heterocycles. The highest BCUT2D eigenvalue weighted by Gasteiger charge is 2.07. The lowest BCUT2D eigenvalue weighted by Crippen LogP contribution is -2.16. The summed E-state index contributed by atoms with van der Waals surface area (Å²) in [7, 11) is -1.23. The molecule has 14 heavy (non-hydrogen) atoms. The molecule has 2 heteroatoms. The van der Waals surface area contributed by atoms with E-state index < -0.39 is 8.07 Å². The molecule has 0 saturated carbocycles. The minimum atomic E-state index is -1.23. The summed E-state index contributed by atoms with van der Waals surface area (Å²) in [6, 6.07) is 8.44. The highest BCUT2D eigenvalue weighted by molar-refractivity contribution is 7.98. The van der Waals surface area contributed by atoms with Gasteiger partial charge in [-0.1, -0.05) is 25.6 Å². The minimum absolute atomic E-state index is 1.13. The van der Waals surface area contributed by atoms with Gasteiger partial charge in [0.05, 0.1) is 0 Å². The van der Waals surface area contributed by atoms with E-state index in [1.54, 1.807) is 11.8 Å². The molecular formula is C12H16SSi. The summed E-state index contributed by atoms with van der Waals surface area (Å²) < 4.78 is 0. The van der Waals surface area contributed by atoms with Crippen molar-refractivity contribution in [3.8, 4) is 11.5 Å². The average Bonchev–Trinajstić information content (AvgIpc) is 2.14. The molecule has 74 valence electrons. The van der Waals surface area contributed by atoms with Crippen molar-refractivity contribution in [2.75, 3.05) is 6.26 Å². The molecule has 0 radical (unpaired) electrons. The van der Waals surface area contributed by atoms with Crippen LogP contribution < -0.4 is 0 Å². The first-order valence-electron chi connectivity index (χ1n) is 4.68. The maximum absolute atomic E-state index is 3.36. The molecule has 0 aromatic heterocycles. The first-order valence-corrected chi connectivity index (χ1v) is 9.41. The minimum Gasteiger partial charge on any atom is -0.130 e. The largest absolute Gasteiger partial charge is 0.130 e. The summed E-state index contributed by atoms with van der Waals surface area (Å²) in [5.74, 6) is 3.24. The molecule has 1 aromatic carbocycles. The third-order valence-corrected chi connectivity index (χ3v) is 3.29. The molecule has 0 unspecified atom stereocenters. The van der Waals surface area contributed by atoms with Gasteiger partial charge in [0.1, 0.15) is 8.07 Å². The topological polar surface area (TPSA) is 0 Å². The Kier molecular flexibility index (Phi) is 3.85.